The molecule has 0 radical (unpaired) electrons. The Morgan fingerprint density at radius 1 is 1.32 bits per heavy atom. The molecule has 1 spiro atoms. The van der Waals surface area contributed by atoms with E-state index in [9.17, 15) is 0 Å². The average molecular weight is 305 g/mol. The second-order valence-corrected chi connectivity index (χ2v) is 7.37. The van der Waals surface area contributed by atoms with Gasteiger partial charge in [0, 0.05) is 24.0 Å². The van der Waals surface area contributed by atoms with Gasteiger partial charge in [0.1, 0.15) is 0 Å². The van der Waals surface area contributed by atoms with Crippen LogP contribution in [-0.4, -0.2) is 40.8 Å². The van der Waals surface area contributed by atoms with Gasteiger partial charge in [-0.2, -0.15) is 4.98 Å². The minimum absolute atomic E-state index is 0.379. The molecule has 5 nitrogen and oxygen atoms in total. The lowest BCUT2D eigenvalue weighted by Gasteiger charge is -2.57. The molecule has 4 rings (SSSR count). The quantitative estimate of drug-likeness (QED) is 0.808. The first-order valence-corrected chi connectivity index (χ1v) is 8.87. The van der Waals surface area contributed by atoms with E-state index in [4.69, 9.17) is 9.26 Å². The minimum Gasteiger partial charge on any atom is -0.378 e. The molecule has 0 amide bonds. The van der Waals surface area contributed by atoms with Crippen LogP contribution < -0.4 is 0 Å². The van der Waals surface area contributed by atoms with Crippen LogP contribution in [0.4, 0.5) is 0 Å². The summed E-state index contributed by atoms with van der Waals surface area (Å²) in [6.07, 6.45) is 9.35. The first-order valence-electron chi connectivity index (χ1n) is 8.87. The van der Waals surface area contributed by atoms with E-state index in [2.05, 4.69) is 29.0 Å². The molecule has 0 unspecified atom stereocenters. The molecule has 3 aliphatic rings. The normalized spacial score (nSPS) is 30.1. The fraction of sp³-hybridized carbons (Fsp3) is 0.882. The molecule has 0 bridgehead atoms. The van der Waals surface area contributed by atoms with Gasteiger partial charge in [-0.3, -0.25) is 4.90 Å². The van der Waals surface area contributed by atoms with Gasteiger partial charge in [0.25, 0.3) is 0 Å². The van der Waals surface area contributed by atoms with Crippen molar-refractivity contribution in [2.24, 2.45) is 5.41 Å². The molecule has 0 saturated heterocycles. The third-order valence-corrected chi connectivity index (χ3v) is 5.99. The zero-order valence-corrected chi connectivity index (χ0v) is 13.8. The summed E-state index contributed by atoms with van der Waals surface area (Å²) in [4.78, 5) is 6.99. The molecule has 3 fully saturated rings. The Balaban J connectivity index is 1.42. The van der Waals surface area contributed by atoms with E-state index in [0.29, 0.717) is 23.5 Å². The van der Waals surface area contributed by atoms with Crippen molar-refractivity contribution in [1.29, 1.82) is 0 Å². The summed E-state index contributed by atoms with van der Waals surface area (Å²) in [7, 11) is 2.20. The van der Waals surface area contributed by atoms with Crippen molar-refractivity contribution in [3.05, 3.63) is 11.7 Å². The van der Waals surface area contributed by atoms with Gasteiger partial charge in [-0.05, 0) is 46.1 Å². The summed E-state index contributed by atoms with van der Waals surface area (Å²) < 4.78 is 11.5. The van der Waals surface area contributed by atoms with Gasteiger partial charge in [-0.15, -0.1) is 0 Å². The van der Waals surface area contributed by atoms with Crippen LogP contribution in [0.2, 0.25) is 0 Å². The van der Waals surface area contributed by atoms with E-state index in [1.165, 1.54) is 38.5 Å². The highest BCUT2D eigenvalue weighted by molar-refractivity contribution is 5.11. The summed E-state index contributed by atoms with van der Waals surface area (Å²) in [6.45, 7) is 3.71. The van der Waals surface area contributed by atoms with Crippen molar-refractivity contribution < 1.29 is 9.26 Å². The largest absolute Gasteiger partial charge is 0.378 e. The van der Waals surface area contributed by atoms with E-state index in [0.717, 1.165) is 31.3 Å². The van der Waals surface area contributed by atoms with Gasteiger partial charge in [0.2, 0.25) is 5.89 Å². The lowest BCUT2D eigenvalue weighted by atomic mass is 9.60. The molecule has 122 valence electrons. The Morgan fingerprint density at radius 3 is 2.77 bits per heavy atom. The zero-order valence-electron chi connectivity index (χ0n) is 13.8. The third kappa shape index (κ3) is 2.38. The molecule has 22 heavy (non-hydrogen) atoms. The number of aromatic nitrogens is 2. The number of nitrogens with zero attached hydrogens (tertiary/aromatic N) is 3. The Morgan fingerprint density at radius 2 is 2.09 bits per heavy atom. The van der Waals surface area contributed by atoms with Crippen molar-refractivity contribution in [3.8, 4) is 0 Å². The lowest BCUT2D eigenvalue weighted by Crippen LogP contribution is -2.62. The summed E-state index contributed by atoms with van der Waals surface area (Å²) in [5, 5.41) is 4.13. The van der Waals surface area contributed by atoms with E-state index < -0.39 is 0 Å². The second-order valence-electron chi connectivity index (χ2n) is 7.37. The van der Waals surface area contributed by atoms with Crippen molar-refractivity contribution in [3.63, 3.8) is 0 Å². The summed E-state index contributed by atoms with van der Waals surface area (Å²) in [5.41, 5.74) is 0.379. The molecule has 0 aliphatic heterocycles. The standard InChI is InChI=1S/C17H27N3O2/c1-3-21-14-10-13(17(14)8-4-5-9-17)20(2)11-15-18-16(19-22-15)12-6-7-12/h12-14H,3-11H2,1-2H3/t13-,14-/m1/s1. The fourth-order valence-corrected chi connectivity index (χ4v) is 4.63. The van der Waals surface area contributed by atoms with Gasteiger partial charge in [0.05, 0.1) is 12.6 Å². The van der Waals surface area contributed by atoms with Crippen LogP contribution in [0.25, 0.3) is 0 Å². The van der Waals surface area contributed by atoms with Gasteiger partial charge in [-0.25, -0.2) is 0 Å². The Hall–Kier alpha value is -0.940. The van der Waals surface area contributed by atoms with Crippen LogP contribution >= 0.6 is 0 Å². The highest BCUT2D eigenvalue weighted by Crippen LogP contribution is 2.56. The summed E-state index contributed by atoms with van der Waals surface area (Å²) >= 11 is 0. The molecule has 1 aromatic heterocycles. The van der Waals surface area contributed by atoms with Gasteiger partial charge < -0.3 is 9.26 Å². The van der Waals surface area contributed by atoms with Crippen molar-refractivity contribution in [2.75, 3.05) is 13.7 Å². The monoisotopic (exact) mass is 305 g/mol. The average Bonchev–Trinajstić information content (AvgIpc) is 3.02. The van der Waals surface area contributed by atoms with Crippen molar-refractivity contribution >= 4 is 0 Å². The van der Waals surface area contributed by atoms with Crippen LogP contribution in [0.1, 0.15) is 69.5 Å². The summed E-state index contributed by atoms with van der Waals surface area (Å²) in [6, 6.07) is 0.600. The maximum Gasteiger partial charge on any atom is 0.240 e. The van der Waals surface area contributed by atoms with E-state index in [-0.39, 0.29) is 0 Å². The van der Waals surface area contributed by atoms with E-state index in [1.807, 2.05) is 0 Å². The molecule has 1 aromatic rings. The van der Waals surface area contributed by atoms with Crippen molar-refractivity contribution in [2.45, 2.75) is 76.5 Å². The molecule has 3 aliphatic carbocycles. The van der Waals surface area contributed by atoms with E-state index >= 15 is 0 Å². The predicted molar refractivity (Wildman–Crippen MR) is 82.5 cm³/mol. The topological polar surface area (TPSA) is 51.4 Å². The fourth-order valence-electron chi connectivity index (χ4n) is 4.63. The highest BCUT2D eigenvalue weighted by Gasteiger charge is 2.57. The summed E-state index contributed by atoms with van der Waals surface area (Å²) in [5.74, 6) is 2.26. The number of ether oxygens (including phenoxy) is 1. The molecule has 5 heteroatoms. The highest BCUT2D eigenvalue weighted by atomic mass is 16.5. The third-order valence-electron chi connectivity index (χ3n) is 5.99. The molecule has 0 N–H and O–H groups in total. The molecule has 0 aromatic carbocycles. The van der Waals surface area contributed by atoms with Gasteiger partial charge in [0.15, 0.2) is 5.82 Å². The van der Waals surface area contributed by atoms with Crippen LogP contribution in [0.15, 0.2) is 4.52 Å². The number of hydrogen-bond donors (Lipinski definition) is 0. The maximum atomic E-state index is 6.01. The molecule has 2 atom stereocenters. The Kier molecular flexibility index (Phi) is 3.73. The predicted octanol–water partition coefficient (Wildman–Crippen LogP) is 3.12. The Bertz CT molecular complexity index is 520. The Labute approximate surface area is 132 Å². The zero-order chi connectivity index (χ0) is 15.2. The van der Waals surface area contributed by atoms with E-state index in [1.54, 1.807) is 0 Å². The molecular weight excluding hydrogens is 278 g/mol. The molecule has 1 heterocycles. The molecular formula is C17H27N3O2. The number of hydrogen-bond acceptors (Lipinski definition) is 5. The van der Waals surface area contributed by atoms with Crippen LogP contribution in [-0.2, 0) is 11.3 Å². The minimum atomic E-state index is 0.379. The molecule has 3 saturated carbocycles. The second kappa shape index (κ2) is 5.60. The van der Waals surface area contributed by atoms with Crippen LogP contribution in [0.5, 0.6) is 0 Å². The lowest BCUT2D eigenvalue weighted by molar-refractivity contribution is -0.163. The first kappa shape index (κ1) is 14.6. The van der Waals surface area contributed by atoms with Gasteiger partial charge >= 0.3 is 0 Å². The van der Waals surface area contributed by atoms with Gasteiger partial charge in [-0.1, -0.05) is 18.0 Å². The number of rotatable bonds is 6. The van der Waals surface area contributed by atoms with Crippen LogP contribution in [0, 0.1) is 5.41 Å². The smallest absolute Gasteiger partial charge is 0.240 e. The van der Waals surface area contributed by atoms with Crippen LogP contribution in [0.3, 0.4) is 0 Å². The van der Waals surface area contributed by atoms with Crippen molar-refractivity contribution in [1.82, 2.24) is 15.0 Å². The maximum absolute atomic E-state index is 6.01. The SMILES string of the molecule is CCO[C@@H]1C[C@@H](N(C)Cc2nc(C3CC3)no2)C12CCCC2. The first-order chi connectivity index (χ1) is 10.7.